The van der Waals surface area contributed by atoms with Crippen LogP contribution in [0.2, 0.25) is 0 Å². The van der Waals surface area contributed by atoms with Gasteiger partial charge in [-0.25, -0.2) is 0 Å². The number of rotatable bonds is 5. The van der Waals surface area contributed by atoms with Gasteiger partial charge in [-0.15, -0.1) is 0 Å². The van der Waals surface area contributed by atoms with Crippen LogP contribution in [0.4, 0.5) is 5.69 Å². The van der Waals surface area contributed by atoms with Crippen LogP contribution in [0.1, 0.15) is 27.7 Å². The molecule has 0 saturated heterocycles. The Morgan fingerprint density at radius 2 is 1.83 bits per heavy atom. The van der Waals surface area contributed by atoms with E-state index in [1.54, 1.807) is 0 Å². The van der Waals surface area contributed by atoms with Crippen molar-refractivity contribution < 1.29 is 14.3 Å². The number of benzene rings is 1. The number of methoxy groups -OCH3 is 1. The number of esters is 1. The molecule has 0 radical (unpaired) electrons. The van der Waals surface area contributed by atoms with Crippen molar-refractivity contribution in [3.63, 3.8) is 0 Å². The van der Waals surface area contributed by atoms with Gasteiger partial charge in [-0.05, 0) is 37.3 Å². The number of hydrogen-bond donors (Lipinski definition) is 0. The Kier molecular flexibility index (Phi) is 4.93. The maximum atomic E-state index is 13.1. The zero-order chi connectivity index (χ0) is 17.2. The molecule has 0 aromatic heterocycles. The molecule has 0 spiro atoms. The van der Waals surface area contributed by atoms with Gasteiger partial charge >= 0.3 is 5.97 Å². The molecule has 2 rings (SSSR count). The number of anilines is 1. The van der Waals surface area contributed by atoms with Gasteiger partial charge < -0.3 is 9.64 Å². The molecule has 1 saturated carbocycles. The Morgan fingerprint density at radius 3 is 2.35 bits per heavy atom. The van der Waals surface area contributed by atoms with E-state index < -0.39 is 5.97 Å². The minimum atomic E-state index is -0.417. The number of amides is 1. The minimum Gasteiger partial charge on any atom is -0.468 e. The molecule has 1 aromatic rings. The molecular formula is C19H25NO3. The average Bonchev–Trinajstić information content (AvgIpc) is 3.04. The fraction of sp³-hybridized carbons (Fsp3) is 0.474. The van der Waals surface area contributed by atoms with Gasteiger partial charge in [0.1, 0.15) is 6.54 Å². The summed E-state index contributed by atoms with van der Waals surface area (Å²) in [6.45, 7) is 8.22. The molecule has 2 atom stereocenters. The summed E-state index contributed by atoms with van der Waals surface area (Å²) in [6.07, 6.45) is 2.16. The number of allylic oxidation sites excluding steroid dienone is 2. The number of nitrogens with zero attached hydrogens (tertiary/aromatic N) is 1. The predicted molar refractivity (Wildman–Crippen MR) is 91.0 cm³/mol. The number of hydrogen-bond acceptors (Lipinski definition) is 3. The SMILES string of the molecule is COC(=O)CN(C(=O)C1C(C=C(C)C)C1(C)C)c1ccccc1. The third kappa shape index (κ3) is 3.63. The van der Waals surface area contributed by atoms with E-state index in [1.807, 2.05) is 44.2 Å². The molecule has 4 nitrogen and oxygen atoms in total. The minimum absolute atomic E-state index is 0.0194. The summed E-state index contributed by atoms with van der Waals surface area (Å²) < 4.78 is 4.75. The van der Waals surface area contributed by atoms with Gasteiger partial charge in [0, 0.05) is 5.69 Å². The maximum absolute atomic E-state index is 13.1. The van der Waals surface area contributed by atoms with Crippen LogP contribution in [-0.2, 0) is 14.3 Å². The monoisotopic (exact) mass is 315 g/mol. The maximum Gasteiger partial charge on any atom is 0.325 e. The van der Waals surface area contributed by atoms with Crippen molar-refractivity contribution in [2.24, 2.45) is 17.3 Å². The average molecular weight is 315 g/mol. The Balaban J connectivity index is 2.28. The van der Waals surface area contributed by atoms with Crippen molar-refractivity contribution in [3.05, 3.63) is 42.0 Å². The lowest BCUT2D eigenvalue weighted by Crippen LogP contribution is -2.38. The van der Waals surface area contributed by atoms with E-state index >= 15 is 0 Å². The first kappa shape index (κ1) is 17.3. The van der Waals surface area contributed by atoms with Gasteiger partial charge in [-0.3, -0.25) is 9.59 Å². The topological polar surface area (TPSA) is 46.6 Å². The van der Waals surface area contributed by atoms with Crippen molar-refractivity contribution in [1.29, 1.82) is 0 Å². The van der Waals surface area contributed by atoms with E-state index in [9.17, 15) is 9.59 Å². The van der Waals surface area contributed by atoms with Crippen molar-refractivity contribution in [3.8, 4) is 0 Å². The lowest BCUT2D eigenvalue weighted by molar-refractivity contribution is -0.140. The van der Waals surface area contributed by atoms with Crippen molar-refractivity contribution in [2.45, 2.75) is 27.7 Å². The van der Waals surface area contributed by atoms with E-state index in [1.165, 1.54) is 17.6 Å². The molecule has 0 N–H and O–H groups in total. The van der Waals surface area contributed by atoms with Crippen LogP contribution < -0.4 is 4.90 Å². The van der Waals surface area contributed by atoms with Crippen molar-refractivity contribution in [2.75, 3.05) is 18.6 Å². The molecule has 1 amide bonds. The molecule has 1 aliphatic rings. The quantitative estimate of drug-likeness (QED) is 0.618. The van der Waals surface area contributed by atoms with E-state index in [2.05, 4.69) is 19.9 Å². The zero-order valence-electron chi connectivity index (χ0n) is 14.5. The molecule has 0 bridgehead atoms. The summed E-state index contributed by atoms with van der Waals surface area (Å²) in [5.74, 6) is -0.334. The molecule has 0 heterocycles. The molecule has 1 aliphatic carbocycles. The Morgan fingerprint density at radius 1 is 1.22 bits per heavy atom. The Hall–Kier alpha value is -2.10. The summed E-state index contributed by atoms with van der Waals surface area (Å²) >= 11 is 0. The van der Waals surface area contributed by atoms with E-state index in [0.717, 1.165) is 5.69 Å². The van der Waals surface area contributed by atoms with Crippen LogP contribution in [0, 0.1) is 17.3 Å². The highest BCUT2D eigenvalue weighted by Crippen LogP contribution is 2.60. The van der Waals surface area contributed by atoms with E-state index in [-0.39, 0.29) is 29.7 Å². The largest absolute Gasteiger partial charge is 0.468 e. The molecule has 1 fully saturated rings. The second-order valence-corrected chi connectivity index (χ2v) is 6.90. The standard InChI is InChI=1S/C19H25NO3/c1-13(2)11-15-17(19(15,3)4)18(22)20(12-16(21)23-5)14-9-7-6-8-10-14/h6-11,15,17H,12H2,1-5H3. The lowest BCUT2D eigenvalue weighted by atomic mass is 10.1. The molecule has 0 aliphatic heterocycles. The van der Waals surface area contributed by atoms with Gasteiger partial charge in [-0.1, -0.05) is 43.7 Å². The first-order valence-corrected chi connectivity index (χ1v) is 7.87. The van der Waals surface area contributed by atoms with Crippen LogP contribution in [0.25, 0.3) is 0 Å². The van der Waals surface area contributed by atoms with Crippen LogP contribution in [0.5, 0.6) is 0 Å². The van der Waals surface area contributed by atoms with Crippen LogP contribution in [0.15, 0.2) is 42.0 Å². The van der Waals surface area contributed by atoms with Gasteiger partial charge in [0.25, 0.3) is 0 Å². The van der Waals surface area contributed by atoms with E-state index in [0.29, 0.717) is 0 Å². The molecule has 2 unspecified atom stereocenters. The van der Waals surface area contributed by atoms with Crippen molar-refractivity contribution in [1.82, 2.24) is 0 Å². The van der Waals surface area contributed by atoms with Crippen molar-refractivity contribution >= 4 is 17.6 Å². The summed E-state index contributed by atoms with van der Waals surface area (Å²) in [5.41, 5.74) is 1.84. The zero-order valence-corrected chi connectivity index (χ0v) is 14.5. The van der Waals surface area contributed by atoms with Crippen LogP contribution in [0.3, 0.4) is 0 Å². The lowest BCUT2D eigenvalue weighted by Gasteiger charge is -2.22. The predicted octanol–water partition coefficient (Wildman–Crippen LogP) is 3.43. The van der Waals surface area contributed by atoms with Crippen LogP contribution in [-0.4, -0.2) is 25.5 Å². The fourth-order valence-electron chi connectivity index (χ4n) is 3.09. The van der Waals surface area contributed by atoms with Gasteiger partial charge in [0.15, 0.2) is 0 Å². The highest BCUT2D eigenvalue weighted by atomic mass is 16.5. The Labute approximate surface area is 138 Å². The first-order valence-electron chi connectivity index (χ1n) is 7.87. The second-order valence-electron chi connectivity index (χ2n) is 6.90. The summed E-state index contributed by atoms with van der Waals surface area (Å²) in [7, 11) is 1.34. The van der Waals surface area contributed by atoms with Crippen LogP contribution >= 0.6 is 0 Å². The number of carbonyl (C=O) groups is 2. The third-order valence-electron chi connectivity index (χ3n) is 4.54. The number of ether oxygens (including phenoxy) is 1. The smallest absolute Gasteiger partial charge is 0.325 e. The van der Waals surface area contributed by atoms with E-state index in [4.69, 9.17) is 4.74 Å². The molecule has 124 valence electrons. The number of para-hydroxylation sites is 1. The molecule has 4 heteroatoms. The summed E-state index contributed by atoms with van der Waals surface area (Å²) in [6, 6.07) is 9.28. The molecular weight excluding hydrogens is 290 g/mol. The Bertz CT molecular complexity index is 615. The highest BCUT2D eigenvalue weighted by molar-refractivity contribution is 6.01. The summed E-state index contributed by atoms with van der Waals surface area (Å²) in [5, 5.41) is 0. The highest BCUT2D eigenvalue weighted by Gasteiger charge is 2.61. The van der Waals surface area contributed by atoms with Gasteiger partial charge in [0.2, 0.25) is 5.91 Å². The second kappa shape index (κ2) is 6.57. The van der Waals surface area contributed by atoms with Gasteiger partial charge in [0.05, 0.1) is 13.0 Å². The third-order valence-corrected chi connectivity index (χ3v) is 4.54. The van der Waals surface area contributed by atoms with Gasteiger partial charge in [-0.2, -0.15) is 0 Å². The first-order chi connectivity index (χ1) is 10.8. The normalized spacial score (nSPS) is 21.3. The molecule has 23 heavy (non-hydrogen) atoms. The number of carbonyl (C=O) groups excluding carboxylic acids is 2. The fourth-order valence-corrected chi connectivity index (χ4v) is 3.09. The summed E-state index contributed by atoms with van der Waals surface area (Å²) in [4.78, 5) is 26.3. The molecule has 1 aromatic carbocycles.